The number of hydrogen-bond donors (Lipinski definition) is 0. The Morgan fingerprint density at radius 1 is 1.50 bits per heavy atom. The van der Waals surface area contributed by atoms with Gasteiger partial charge in [0, 0.05) is 0 Å². The van der Waals surface area contributed by atoms with Gasteiger partial charge in [0.1, 0.15) is 5.56 Å². The molecule has 1 aromatic rings. The van der Waals surface area contributed by atoms with E-state index >= 15 is 0 Å². The van der Waals surface area contributed by atoms with Crippen LogP contribution in [-0.4, -0.2) is 18.0 Å². The summed E-state index contributed by atoms with van der Waals surface area (Å²) in [6, 6.07) is 2.97. The minimum atomic E-state index is -0.746. The fourth-order valence-electron chi connectivity index (χ4n) is 1.49. The molecule has 0 atom stereocenters. The lowest BCUT2D eigenvalue weighted by atomic mass is 10.1. The molecule has 0 spiro atoms. The van der Waals surface area contributed by atoms with E-state index in [9.17, 15) is 14.9 Å². The first-order chi connectivity index (χ1) is 8.52. The van der Waals surface area contributed by atoms with Gasteiger partial charge in [0.05, 0.1) is 17.3 Å². The van der Waals surface area contributed by atoms with Crippen molar-refractivity contribution in [3.05, 3.63) is 50.4 Å². The van der Waals surface area contributed by atoms with E-state index in [0.29, 0.717) is 5.22 Å². The third-order valence-electron chi connectivity index (χ3n) is 2.38. The second-order valence-electron chi connectivity index (χ2n) is 3.47. The van der Waals surface area contributed by atoms with Gasteiger partial charge < -0.3 is 4.74 Å². The number of ether oxygens (including phenoxy) is 1. The summed E-state index contributed by atoms with van der Waals surface area (Å²) in [6.45, 7) is 5.49. The highest BCUT2D eigenvalue weighted by Gasteiger charge is 2.21. The van der Waals surface area contributed by atoms with Crippen LogP contribution in [0.15, 0.2) is 24.3 Å². The first-order valence-corrected chi connectivity index (χ1v) is 5.20. The number of allylic oxidation sites excluding steroid dienone is 2. The number of nitro benzene ring substituents is 1. The fraction of sp³-hybridized carbons (Fsp3) is 0.154. The summed E-state index contributed by atoms with van der Waals surface area (Å²) in [4.78, 5) is 21.8. The van der Waals surface area contributed by atoms with Crippen LogP contribution in [0, 0.1) is 10.1 Å². The monoisotopic (exact) mass is 247 g/mol. The molecule has 0 aliphatic rings. The van der Waals surface area contributed by atoms with Crippen LogP contribution in [0.4, 0.5) is 5.69 Å². The van der Waals surface area contributed by atoms with Crippen LogP contribution >= 0.6 is 0 Å². The van der Waals surface area contributed by atoms with E-state index < -0.39 is 10.9 Å². The largest absolute Gasteiger partial charge is 0.465 e. The van der Waals surface area contributed by atoms with Crippen molar-refractivity contribution in [3.8, 4) is 0 Å². The molecule has 1 rings (SSSR count). The van der Waals surface area contributed by atoms with Gasteiger partial charge in [0.2, 0.25) is 0 Å². The molecule has 0 saturated carbocycles. The van der Waals surface area contributed by atoms with Gasteiger partial charge in [-0.05, 0) is 18.2 Å². The lowest BCUT2D eigenvalue weighted by molar-refractivity contribution is -0.386. The van der Waals surface area contributed by atoms with Crippen LogP contribution < -0.4 is 10.4 Å². The van der Waals surface area contributed by atoms with E-state index in [-0.39, 0.29) is 16.5 Å². The highest BCUT2D eigenvalue weighted by atomic mass is 16.6. The number of carbonyl (C=O) groups excluding carboxylic acids is 1. The van der Waals surface area contributed by atoms with E-state index in [0.717, 1.165) is 0 Å². The molecule has 0 radical (unpaired) electrons. The zero-order chi connectivity index (χ0) is 13.7. The van der Waals surface area contributed by atoms with Crippen molar-refractivity contribution in [3.63, 3.8) is 0 Å². The number of methoxy groups -OCH3 is 1. The Hall–Kier alpha value is -2.43. The highest BCUT2D eigenvalue weighted by molar-refractivity contribution is 5.93. The molecule has 0 heterocycles. The Labute approximate surface area is 104 Å². The number of nitrogens with zero attached hydrogens (tertiary/aromatic N) is 1. The van der Waals surface area contributed by atoms with E-state index in [1.165, 1.54) is 13.2 Å². The summed E-state index contributed by atoms with van der Waals surface area (Å²) in [5.41, 5.74) is -0.412. The molecule has 0 aliphatic carbocycles. The van der Waals surface area contributed by atoms with Gasteiger partial charge in [-0.25, -0.2) is 4.79 Å². The maximum atomic E-state index is 11.4. The van der Waals surface area contributed by atoms with Gasteiger partial charge in [0.15, 0.2) is 0 Å². The minimum Gasteiger partial charge on any atom is -0.465 e. The molecule has 5 nitrogen and oxygen atoms in total. The van der Waals surface area contributed by atoms with Crippen LogP contribution in [0.1, 0.15) is 17.3 Å². The molecule has 0 N–H and O–H groups in total. The van der Waals surface area contributed by atoms with Crippen molar-refractivity contribution >= 4 is 24.3 Å². The normalized spacial score (nSPS) is 11.8. The topological polar surface area (TPSA) is 69.4 Å². The summed E-state index contributed by atoms with van der Waals surface area (Å²) < 4.78 is 4.51. The molecule has 0 aliphatic heterocycles. The molecule has 5 heteroatoms. The summed E-state index contributed by atoms with van der Waals surface area (Å²) in [5, 5.41) is 11.8. The van der Waals surface area contributed by atoms with Gasteiger partial charge in [-0.3, -0.25) is 10.1 Å². The first kappa shape index (κ1) is 13.6. The van der Waals surface area contributed by atoms with E-state index in [1.54, 1.807) is 24.3 Å². The average Bonchev–Trinajstić information content (AvgIpc) is 2.35. The maximum absolute atomic E-state index is 11.4. The quantitative estimate of drug-likeness (QED) is 0.456. The van der Waals surface area contributed by atoms with E-state index in [1.807, 2.05) is 6.92 Å². The molecule has 0 fully saturated rings. The fourth-order valence-corrected chi connectivity index (χ4v) is 1.49. The van der Waals surface area contributed by atoms with Crippen LogP contribution in [0.25, 0.3) is 12.7 Å². The molecule has 0 bridgehead atoms. The molecule has 0 saturated heterocycles. The number of benzene rings is 1. The van der Waals surface area contributed by atoms with Crippen molar-refractivity contribution in [1.29, 1.82) is 0 Å². The Balaban J connectivity index is 3.63. The van der Waals surface area contributed by atoms with E-state index in [2.05, 4.69) is 11.3 Å². The summed E-state index contributed by atoms with van der Waals surface area (Å²) in [7, 11) is 1.18. The van der Waals surface area contributed by atoms with Crippen LogP contribution in [-0.2, 0) is 4.74 Å². The molecule has 18 heavy (non-hydrogen) atoms. The zero-order valence-electron chi connectivity index (χ0n) is 10.2. The third-order valence-corrected chi connectivity index (χ3v) is 2.38. The van der Waals surface area contributed by atoms with Gasteiger partial charge >= 0.3 is 5.97 Å². The molecule has 94 valence electrons. The Kier molecular flexibility index (Phi) is 4.37. The van der Waals surface area contributed by atoms with Crippen molar-refractivity contribution in [2.75, 3.05) is 7.11 Å². The molecular formula is C13H13NO4. The predicted molar refractivity (Wildman–Crippen MR) is 68.5 cm³/mol. The Bertz CT molecular complexity index is 617. The summed E-state index contributed by atoms with van der Waals surface area (Å²) >= 11 is 0. The van der Waals surface area contributed by atoms with Crippen molar-refractivity contribution in [2.45, 2.75) is 6.92 Å². The van der Waals surface area contributed by atoms with Gasteiger partial charge in [-0.2, -0.15) is 0 Å². The zero-order valence-corrected chi connectivity index (χ0v) is 10.2. The molecule has 0 unspecified atom stereocenters. The van der Waals surface area contributed by atoms with Crippen molar-refractivity contribution in [1.82, 2.24) is 0 Å². The number of esters is 1. The second-order valence-corrected chi connectivity index (χ2v) is 3.47. The van der Waals surface area contributed by atoms with Gasteiger partial charge in [-0.1, -0.05) is 30.9 Å². The van der Waals surface area contributed by atoms with Crippen molar-refractivity contribution < 1.29 is 14.5 Å². The molecule has 0 amide bonds. The lowest BCUT2D eigenvalue weighted by Gasteiger charge is -2.01. The van der Waals surface area contributed by atoms with Gasteiger partial charge in [-0.15, -0.1) is 0 Å². The predicted octanol–water partition coefficient (Wildman–Crippen LogP) is 1.15. The smallest absolute Gasteiger partial charge is 0.344 e. The van der Waals surface area contributed by atoms with Crippen LogP contribution in [0.2, 0.25) is 0 Å². The summed E-state index contributed by atoms with van der Waals surface area (Å²) in [5.74, 6) is -0.746. The highest BCUT2D eigenvalue weighted by Crippen LogP contribution is 2.12. The molecular weight excluding hydrogens is 234 g/mol. The molecule has 1 aromatic carbocycles. The number of carbonyl (C=O) groups is 1. The number of rotatable bonds is 3. The van der Waals surface area contributed by atoms with Crippen LogP contribution in [0.5, 0.6) is 0 Å². The lowest BCUT2D eigenvalue weighted by Crippen LogP contribution is -2.28. The Morgan fingerprint density at radius 3 is 2.67 bits per heavy atom. The van der Waals surface area contributed by atoms with E-state index in [4.69, 9.17) is 0 Å². The average molecular weight is 247 g/mol. The molecule has 0 aromatic heterocycles. The maximum Gasteiger partial charge on any atom is 0.344 e. The van der Waals surface area contributed by atoms with Crippen molar-refractivity contribution in [2.24, 2.45) is 0 Å². The van der Waals surface area contributed by atoms with Gasteiger partial charge in [0.25, 0.3) is 5.69 Å². The standard InChI is InChI=1S/C13H13NO4/c1-4-5-6-10-7-8-11(13(15)18-3)12(9(10)2)14(16)17/h4-8H,2H2,1,3H3/b5-4-,10-6-. The minimum absolute atomic E-state index is 0.0925. The SMILES string of the molecule is C=c1c([N+](=O)[O-])c(C(=O)OC)cc/c1=C/C=C\C. The van der Waals surface area contributed by atoms with Crippen LogP contribution in [0.3, 0.4) is 0 Å². The third kappa shape index (κ3) is 2.63. The number of hydrogen-bond acceptors (Lipinski definition) is 4. The number of nitro groups is 1. The summed E-state index contributed by atoms with van der Waals surface area (Å²) in [6.07, 6.45) is 5.22. The second kappa shape index (κ2) is 5.77. The Morgan fingerprint density at radius 2 is 2.17 bits per heavy atom. The first-order valence-electron chi connectivity index (χ1n) is 5.20.